The first-order valence-electron chi connectivity index (χ1n) is 5.28. The van der Waals surface area contributed by atoms with Crippen molar-refractivity contribution in [3.63, 3.8) is 0 Å². The van der Waals surface area contributed by atoms with E-state index in [0.29, 0.717) is 27.8 Å². The van der Waals surface area contributed by atoms with Gasteiger partial charge in [0, 0.05) is 11.1 Å². The van der Waals surface area contributed by atoms with Gasteiger partial charge in [0.15, 0.2) is 0 Å². The molecule has 0 aliphatic heterocycles. The normalized spacial score (nSPS) is 10.2. The first-order valence-corrected chi connectivity index (χ1v) is 5.28. The monoisotopic (exact) mass is 254 g/mol. The Labute approximate surface area is 104 Å². The van der Waals surface area contributed by atoms with Gasteiger partial charge in [0.05, 0.1) is 4.92 Å². The topological polar surface area (TPSA) is 95.5 Å². The van der Waals surface area contributed by atoms with Gasteiger partial charge in [-0.05, 0) is 44.4 Å². The summed E-state index contributed by atoms with van der Waals surface area (Å²) < 4.78 is 0. The molecule has 0 unspecified atom stereocenters. The van der Waals surface area contributed by atoms with E-state index in [2.05, 4.69) is 4.84 Å². The van der Waals surface area contributed by atoms with Crippen molar-refractivity contribution < 1.29 is 14.8 Å². The molecule has 0 radical (unpaired) electrons. The second-order valence-electron chi connectivity index (χ2n) is 4.08. The van der Waals surface area contributed by atoms with Crippen LogP contribution in [0.2, 0.25) is 0 Å². The Hall–Kier alpha value is -2.18. The minimum Gasteiger partial charge on any atom is -0.309 e. The first-order chi connectivity index (χ1) is 8.27. The van der Waals surface area contributed by atoms with Crippen LogP contribution in [0.4, 0.5) is 5.69 Å². The second kappa shape index (κ2) is 4.99. The molecule has 1 rings (SSSR count). The van der Waals surface area contributed by atoms with E-state index < -0.39 is 10.0 Å². The van der Waals surface area contributed by atoms with Crippen molar-refractivity contribution in [3.8, 4) is 0 Å². The van der Waals surface area contributed by atoms with E-state index in [9.17, 15) is 20.2 Å². The number of nitrogens with zero attached hydrogens (tertiary/aromatic N) is 2. The molecule has 0 N–H and O–H groups in total. The Bertz CT molecular complexity index is 496. The third-order valence-electron chi connectivity index (χ3n) is 3.24. The Morgan fingerprint density at radius 1 is 0.944 bits per heavy atom. The largest absolute Gasteiger partial charge is 0.309 e. The predicted molar refractivity (Wildman–Crippen MR) is 63.8 cm³/mol. The second-order valence-corrected chi connectivity index (χ2v) is 4.08. The summed E-state index contributed by atoms with van der Waals surface area (Å²) in [5, 5.41) is 20.3. The van der Waals surface area contributed by atoms with Crippen LogP contribution in [-0.2, 0) is 11.4 Å². The summed E-state index contributed by atoms with van der Waals surface area (Å²) >= 11 is 0. The third kappa shape index (κ3) is 2.39. The molecule has 0 heterocycles. The molecule has 0 fully saturated rings. The van der Waals surface area contributed by atoms with E-state index in [1.165, 1.54) is 0 Å². The smallest absolute Gasteiger partial charge is 0.294 e. The lowest BCUT2D eigenvalue weighted by Crippen LogP contribution is -2.08. The van der Waals surface area contributed by atoms with Crippen LogP contribution in [0.1, 0.15) is 27.8 Å². The maximum atomic E-state index is 11.0. The Morgan fingerprint density at radius 3 is 1.72 bits per heavy atom. The zero-order valence-corrected chi connectivity index (χ0v) is 10.6. The molecule has 0 saturated carbocycles. The molecular formula is C11H14N2O5. The van der Waals surface area contributed by atoms with Crippen molar-refractivity contribution in [2.45, 2.75) is 34.3 Å². The molecule has 18 heavy (non-hydrogen) atoms. The molecule has 1 aromatic carbocycles. The highest BCUT2D eigenvalue weighted by molar-refractivity contribution is 5.57. The van der Waals surface area contributed by atoms with Crippen LogP contribution in [0.3, 0.4) is 0 Å². The van der Waals surface area contributed by atoms with Gasteiger partial charge in [-0.15, -0.1) is 10.1 Å². The standard InChI is InChI=1S/C11H14N2O5/c1-6-8(3)11(12(14)15)9(4)7(2)10(6)5-18-13(16)17/h5H2,1-4H3. The van der Waals surface area contributed by atoms with E-state index in [0.717, 1.165) is 0 Å². The number of rotatable bonds is 4. The quantitative estimate of drug-likeness (QED) is 0.607. The van der Waals surface area contributed by atoms with E-state index in [1.807, 2.05) is 0 Å². The average Bonchev–Trinajstić information content (AvgIpc) is 2.26. The molecule has 0 aliphatic carbocycles. The highest BCUT2D eigenvalue weighted by atomic mass is 16.9. The highest BCUT2D eigenvalue weighted by Gasteiger charge is 2.22. The van der Waals surface area contributed by atoms with E-state index >= 15 is 0 Å². The molecule has 7 heteroatoms. The van der Waals surface area contributed by atoms with E-state index in [-0.39, 0.29) is 12.3 Å². The van der Waals surface area contributed by atoms with Crippen molar-refractivity contribution >= 4 is 5.69 Å². The van der Waals surface area contributed by atoms with Gasteiger partial charge in [-0.1, -0.05) is 0 Å². The number of nitro benzene ring substituents is 1. The zero-order chi connectivity index (χ0) is 14.0. The summed E-state index contributed by atoms with van der Waals surface area (Å²) in [5.41, 5.74) is 3.05. The van der Waals surface area contributed by atoms with E-state index in [1.54, 1.807) is 27.7 Å². The van der Waals surface area contributed by atoms with Crippen molar-refractivity contribution in [1.29, 1.82) is 0 Å². The number of benzene rings is 1. The van der Waals surface area contributed by atoms with Gasteiger partial charge in [-0.3, -0.25) is 10.1 Å². The molecule has 0 aromatic heterocycles. The number of hydrogen-bond donors (Lipinski definition) is 0. The van der Waals surface area contributed by atoms with Gasteiger partial charge in [0.1, 0.15) is 6.61 Å². The molecule has 0 amide bonds. The fourth-order valence-corrected chi connectivity index (χ4v) is 1.98. The molecule has 98 valence electrons. The lowest BCUT2D eigenvalue weighted by molar-refractivity contribution is -0.763. The van der Waals surface area contributed by atoms with Gasteiger partial charge in [0.25, 0.3) is 10.8 Å². The summed E-state index contributed by atoms with van der Waals surface area (Å²) in [7, 11) is 0. The molecule has 0 bridgehead atoms. The first kappa shape index (κ1) is 13.9. The molecule has 7 nitrogen and oxygen atoms in total. The maximum Gasteiger partial charge on any atom is 0.294 e. The zero-order valence-electron chi connectivity index (χ0n) is 10.6. The van der Waals surface area contributed by atoms with Crippen molar-refractivity contribution in [1.82, 2.24) is 0 Å². The minimum atomic E-state index is -0.870. The van der Waals surface area contributed by atoms with Crippen molar-refractivity contribution in [3.05, 3.63) is 48.0 Å². The average molecular weight is 254 g/mol. The number of hydrogen-bond acceptors (Lipinski definition) is 5. The molecule has 0 saturated heterocycles. The Kier molecular flexibility index (Phi) is 3.85. The van der Waals surface area contributed by atoms with Crippen molar-refractivity contribution in [2.24, 2.45) is 0 Å². The van der Waals surface area contributed by atoms with Crippen LogP contribution in [-0.4, -0.2) is 10.0 Å². The summed E-state index contributed by atoms with van der Waals surface area (Å²) in [6, 6.07) is 0. The maximum absolute atomic E-state index is 11.0. The van der Waals surface area contributed by atoms with Crippen LogP contribution in [0.5, 0.6) is 0 Å². The van der Waals surface area contributed by atoms with Gasteiger partial charge in [0.2, 0.25) is 0 Å². The minimum absolute atomic E-state index is 0.0647. The van der Waals surface area contributed by atoms with Gasteiger partial charge >= 0.3 is 0 Å². The van der Waals surface area contributed by atoms with Crippen LogP contribution in [0, 0.1) is 47.9 Å². The summed E-state index contributed by atoms with van der Waals surface area (Å²) in [6.07, 6.45) is 0. The van der Waals surface area contributed by atoms with Gasteiger partial charge in [-0.2, -0.15) is 0 Å². The molecule has 0 spiro atoms. The third-order valence-corrected chi connectivity index (χ3v) is 3.24. The molecule has 0 atom stereocenters. The molecule has 0 aliphatic rings. The van der Waals surface area contributed by atoms with Gasteiger partial charge in [-0.25, -0.2) is 0 Å². The van der Waals surface area contributed by atoms with Crippen LogP contribution in [0.25, 0.3) is 0 Å². The highest BCUT2D eigenvalue weighted by Crippen LogP contribution is 2.32. The molecule has 1 aromatic rings. The number of nitro groups is 1. The lowest BCUT2D eigenvalue weighted by Gasteiger charge is -2.15. The van der Waals surface area contributed by atoms with E-state index in [4.69, 9.17) is 0 Å². The summed E-state index contributed by atoms with van der Waals surface area (Å²) in [5.74, 6) is 0. The van der Waals surface area contributed by atoms with Crippen LogP contribution in [0.15, 0.2) is 0 Å². The Morgan fingerprint density at radius 2 is 1.39 bits per heavy atom. The fraction of sp³-hybridized carbons (Fsp3) is 0.455. The van der Waals surface area contributed by atoms with Gasteiger partial charge < -0.3 is 4.84 Å². The molecular weight excluding hydrogens is 240 g/mol. The summed E-state index contributed by atoms with van der Waals surface area (Å²) in [4.78, 5) is 25.1. The summed E-state index contributed by atoms with van der Waals surface area (Å²) in [6.45, 7) is 6.48. The fourth-order valence-electron chi connectivity index (χ4n) is 1.98. The predicted octanol–water partition coefficient (Wildman–Crippen LogP) is 2.54. The Balaban J connectivity index is 3.39. The van der Waals surface area contributed by atoms with Crippen LogP contribution >= 0.6 is 0 Å². The lowest BCUT2D eigenvalue weighted by atomic mass is 9.92. The van der Waals surface area contributed by atoms with Crippen molar-refractivity contribution in [2.75, 3.05) is 0 Å². The SMILES string of the molecule is Cc1c(C)c([N+](=O)[O-])c(C)c(C)c1CO[N+](=O)[O-]. The van der Waals surface area contributed by atoms with Crippen LogP contribution < -0.4 is 0 Å².